The average Bonchev–Trinajstić information content (AvgIpc) is 2.38. The van der Waals surface area contributed by atoms with Crippen LogP contribution in [0.5, 0.6) is 0 Å². The smallest absolute Gasteiger partial charge is 0.328 e. The van der Waals surface area contributed by atoms with Gasteiger partial charge in [0.2, 0.25) is 0 Å². The lowest BCUT2D eigenvalue weighted by atomic mass is 10.1. The molecular formula is C12H11BrN2O3. The molecule has 1 N–H and O–H groups in total. The first-order valence-corrected chi connectivity index (χ1v) is 6.19. The summed E-state index contributed by atoms with van der Waals surface area (Å²) < 4.78 is 5.85. The monoisotopic (exact) mass is 310 g/mol. The Kier molecular flexibility index (Phi) is 3.84. The molecule has 5 nitrogen and oxygen atoms in total. The zero-order valence-corrected chi connectivity index (χ0v) is 11.1. The Bertz CT molecular complexity index is 513. The number of aliphatic carboxylic acids is 1. The van der Waals surface area contributed by atoms with Crippen molar-refractivity contribution in [3.05, 3.63) is 28.2 Å². The third-order valence-electron chi connectivity index (χ3n) is 2.82. The topological polar surface area (TPSA) is 73.6 Å². The number of hydrogen-bond donors (Lipinski definition) is 1. The molecule has 0 radical (unpaired) electrons. The van der Waals surface area contributed by atoms with Crippen LogP contribution in [0.2, 0.25) is 0 Å². The SMILES string of the molecule is N#Cc1ccc(N2CCOCC2C(=O)O)cc1Br. The first-order valence-electron chi connectivity index (χ1n) is 5.40. The van der Waals surface area contributed by atoms with Crippen LogP contribution in [-0.4, -0.2) is 36.9 Å². The minimum atomic E-state index is -0.907. The standard InChI is InChI=1S/C12H11BrN2O3/c13-10-5-9(2-1-8(10)6-14)15-3-4-18-7-11(15)12(16)17/h1-2,5,11H,3-4,7H2,(H,16,17). The van der Waals surface area contributed by atoms with Gasteiger partial charge in [0, 0.05) is 16.7 Å². The van der Waals surface area contributed by atoms with Crippen LogP contribution in [-0.2, 0) is 9.53 Å². The molecule has 1 heterocycles. The predicted octanol–water partition coefficient (Wildman–Crippen LogP) is 1.61. The molecule has 2 rings (SSSR count). The molecule has 94 valence electrons. The van der Waals surface area contributed by atoms with Crippen LogP contribution in [0.3, 0.4) is 0 Å². The number of carboxylic acid groups (broad SMARTS) is 1. The van der Waals surface area contributed by atoms with Crippen LogP contribution in [0.4, 0.5) is 5.69 Å². The fourth-order valence-electron chi connectivity index (χ4n) is 1.89. The van der Waals surface area contributed by atoms with Crippen molar-refractivity contribution in [2.75, 3.05) is 24.7 Å². The molecule has 1 aromatic carbocycles. The van der Waals surface area contributed by atoms with Gasteiger partial charge in [0.25, 0.3) is 0 Å². The number of benzene rings is 1. The highest BCUT2D eigenvalue weighted by molar-refractivity contribution is 9.10. The van der Waals surface area contributed by atoms with Gasteiger partial charge in [0.15, 0.2) is 6.04 Å². The van der Waals surface area contributed by atoms with E-state index in [1.165, 1.54) is 0 Å². The summed E-state index contributed by atoms with van der Waals surface area (Å²) in [6, 6.07) is 6.56. The molecule has 1 atom stereocenters. The third-order valence-corrected chi connectivity index (χ3v) is 3.47. The van der Waals surface area contributed by atoms with E-state index in [0.717, 1.165) is 5.69 Å². The van der Waals surface area contributed by atoms with Crippen molar-refractivity contribution in [1.82, 2.24) is 0 Å². The molecule has 1 aliphatic heterocycles. The number of anilines is 1. The summed E-state index contributed by atoms with van der Waals surface area (Å²) in [6.07, 6.45) is 0. The molecule has 1 unspecified atom stereocenters. The van der Waals surface area contributed by atoms with Gasteiger partial charge in [-0.15, -0.1) is 0 Å². The number of hydrogen-bond acceptors (Lipinski definition) is 4. The van der Waals surface area contributed by atoms with Crippen molar-refractivity contribution >= 4 is 27.6 Å². The molecule has 0 spiro atoms. The van der Waals surface area contributed by atoms with E-state index < -0.39 is 12.0 Å². The van der Waals surface area contributed by atoms with Gasteiger partial charge in [0.1, 0.15) is 6.07 Å². The summed E-state index contributed by atoms with van der Waals surface area (Å²) in [5, 5.41) is 18.0. The minimum Gasteiger partial charge on any atom is -0.480 e. The highest BCUT2D eigenvalue weighted by atomic mass is 79.9. The van der Waals surface area contributed by atoms with Gasteiger partial charge in [-0.05, 0) is 34.1 Å². The summed E-state index contributed by atoms with van der Waals surface area (Å²) in [4.78, 5) is 12.9. The minimum absolute atomic E-state index is 0.174. The predicted molar refractivity (Wildman–Crippen MR) is 68.4 cm³/mol. The van der Waals surface area contributed by atoms with E-state index >= 15 is 0 Å². The normalized spacial score (nSPS) is 19.3. The number of morpholine rings is 1. The molecule has 18 heavy (non-hydrogen) atoms. The molecule has 6 heteroatoms. The maximum Gasteiger partial charge on any atom is 0.328 e. The zero-order valence-electron chi connectivity index (χ0n) is 9.47. The number of nitrogens with zero attached hydrogens (tertiary/aromatic N) is 2. The van der Waals surface area contributed by atoms with Crippen molar-refractivity contribution < 1.29 is 14.6 Å². The van der Waals surface area contributed by atoms with Crippen molar-refractivity contribution in [3.63, 3.8) is 0 Å². The van der Waals surface area contributed by atoms with Gasteiger partial charge in [-0.1, -0.05) is 0 Å². The van der Waals surface area contributed by atoms with Crippen molar-refractivity contribution in [2.45, 2.75) is 6.04 Å². The summed E-state index contributed by atoms with van der Waals surface area (Å²) in [5.74, 6) is -0.907. The Morgan fingerprint density at radius 2 is 2.39 bits per heavy atom. The molecule has 1 fully saturated rings. The van der Waals surface area contributed by atoms with E-state index in [-0.39, 0.29) is 6.61 Å². The summed E-state index contributed by atoms with van der Waals surface area (Å²) >= 11 is 3.30. The lowest BCUT2D eigenvalue weighted by Gasteiger charge is -2.34. The molecule has 0 bridgehead atoms. The summed E-state index contributed by atoms with van der Waals surface area (Å²) in [6.45, 7) is 1.20. The largest absolute Gasteiger partial charge is 0.480 e. The first-order chi connectivity index (χ1) is 8.63. The first kappa shape index (κ1) is 12.9. The van der Waals surface area contributed by atoms with Crippen molar-refractivity contribution in [1.29, 1.82) is 5.26 Å². The number of halogens is 1. The number of carbonyl (C=O) groups is 1. The number of ether oxygens (including phenoxy) is 1. The second-order valence-electron chi connectivity index (χ2n) is 3.90. The van der Waals surface area contributed by atoms with E-state index in [4.69, 9.17) is 15.1 Å². The molecule has 0 saturated carbocycles. The highest BCUT2D eigenvalue weighted by Crippen LogP contribution is 2.26. The maximum atomic E-state index is 11.2. The lowest BCUT2D eigenvalue weighted by Crippen LogP contribution is -2.50. The van der Waals surface area contributed by atoms with Crippen LogP contribution in [0, 0.1) is 11.3 Å². The van der Waals surface area contributed by atoms with E-state index in [1.54, 1.807) is 23.1 Å². The van der Waals surface area contributed by atoms with E-state index in [1.807, 2.05) is 0 Å². The van der Waals surface area contributed by atoms with Crippen molar-refractivity contribution in [2.24, 2.45) is 0 Å². The highest BCUT2D eigenvalue weighted by Gasteiger charge is 2.29. The van der Waals surface area contributed by atoms with Crippen LogP contribution >= 0.6 is 15.9 Å². The van der Waals surface area contributed by atoms with E-state index in [2.05, 4.69) is 22.0 Å². The van der Waals surface area contributed by atoms with E-state index in [9.17, 15) is 4.79 Å². The quantitative estimate of drug-likeness (QED) is 0.898. The van der Waals surface area contributed by atoms with Gasteiger partial charge in [0.05, 0.1) is 18.8 Å². The van der Waals surface area contributed by atoms with Gasteiger partial charge < -0.3 is 14.7 Å². The van der Waals surface area contributed by atoms with Crippen LogP contribution < -0.4 is 4.90 Å². The molecule has 0 aromatic heterocycles. The number of carboxylic acids is 1. The van der Waals surface area contributed by atoms with E-state index in [0.29, 0.717) is 23.2 Å². The second-order valence-corrected chi connectivity index (χ2v) is 4.75. The fraction of sp³-hybridized carbons (Fsp3) is 0.333. The number of nitriles is 1. The zero-order chi connectivity index (χ0) is 13.1. The Labute approximate surface area is 113 Å². The van der Waals surface area contributed by atoms with Gasteiger partial charge in [-0.2, -0.15) is 5.26 Å². The fourth-order valence-corrected chi connectivity index (χ4v) is 2.35. The molecule has 1 aliphatic rings. The Hall–Kier alpha value is -1.58. The van der Waals surface area contributed by atoms with Crippen LogP contribution in [0.25, 0.3) is 0 Å². The molecule has 0 amide bonds. The van der Waals surface area contributed by atoms with Crippen LogP contribution in [0.15, 0.2) is 22.7 Å². The van der Waals surface area contributed by atoms with Crippen molar-refractivity contribution in [3.8, 4) is 6.07 Å². The average molecular weight is 311 g/mol. The summed E-state index contributed by atoms with van der Waals surface area (Å²) in [7, 11) is 0. The van der Waals surface area contributed by atoms with Gasteiger partial charge >= 0.3 is 5.97 Å². The molecule has 1 saturated heterocycles. The second kappa shape index (κ2) is 5.38. The Balaban J connectivity index is 2.32. The maximum absolute atomic E-state index is 11.2. The summed E-state index contributed by atoms with van der Waals surface area (Å²) in [5.41, 5.74) is 1.30. The van der Waals surface area contributed by atoms with Gasteiger partial charge in [-0.25, -0.2) is 4.79 Å². The van der Waals surface area contributed by atoms with Gasteiger partial charge in [-0.3, -0.25) is 0 Å². The molecular weight excluding hydrogens is 300 g/mol. The third kappa shape index (κ3) is 2.47. The number of rotatable bonds is 2. The lowest BCUT2D eigenvalue weighted by molar-refractivity contribution is -0.141. The molecule has 0 aliphatic carbocycles. The Morgan fingerprint density at radius 3 is 3.00 bits per heavy atom. The van der Waals surface area contributed by atoms with Crippen LogP contribution in [0.1, 0.15) is 5.56 Å². The Morgan fingerprint density at radius 1 is 1.61 bits per heavy atom. The molecule has 1 aromatic rings.